The fourth-order valence-electron chi connectivity index (χ4n) is 1.79. The first kappa shape index (κ1) is 14.1. The first-order valence-electron chi connectivity index (χ1n) is 6.66. The van der Waals surface area contributed by atoms with E-state index in [-0.39, 0.29) is 12.3 Å². The van der Waals surface area contributed by atoms with Crippen LogP contribution in [0, 0.1) is 0 Å². The van der Waals surface area contributed by atoms with E-state index in [2.05, 4.69) is 4.90 Å². The highest BCUT2D eigenvalue weighted by Gasteiger charge is 2.28. The van der Waals surface area contributed by atoms with Crippen molar-refractivity contribution in [3.8, 4) is 0 Å². The van der Waals surface area contributed by atoms with Crippen LogP contribution < -0.4 is 0 Å². The van der Waals surface area contributed by atoms with Gasteiger partial charge in [0.15, 0.2) is 6.23 Å². The van der Waals surface area contributed by atoms with Crippen molar-refractivity contribution in [2.75, 3.05) is 19.8 Å². The van der Waals surface area contributed by atoms with E-state index in [1.807, 2.05) is 32.9 Å². The molecule has 2 aliphatic heterocycles. The van der Waals surface area contributed by atoms with Crippen LogP contribution >= 0.6 is 0 Å². The molecule has 0 saturated carbocycles. The second kappa shape index (κ2) is 5.75. The molecule has 0 radical (unpaired) electrons. The molecule has 0 aliphatic carbocycles. The summed E-state index contributed by atoms with van der Waals surface area (Å²) in [6.07, 6.45) is 7.66. The Hall–Kier alpha value is -1.33. The number of likely N-dealkylation sites (tertiary alicyclic amines) is 1. The van der Waals surface area contributed by atoms with Crippen LogP contribution in [0.2, 0.25) is 0 Å². The van der Waals surface area contributed by atoms with Gasteiger partial charge in [0.25, 0.3) is 0 Å². The average molecular weight is 266 g/mol. The minimum absolute atomic E-state index is 0.387. The molecule has 5 nitrogen and oxygen atoms in total. The van der Waals surface area contributed by atoms with Gasteiger partial charge in [-0.15, -0.1) is 0 Å². The number of rotatable bonds is 3. The molecule has 1 atom stereocenters. The van der Waals surface area contributed by atoms with Crippen LogP contribution in [-0.2, 0) is 9.47 Å². The van der Waals surface area contributed by atoms with Crippen LogP contribution in [0.5, 0.6) is 0 Å². The summed E-state index contributed by atoms with van der Waals surface area (Å²) in [6.45, 7) is 8.23. The van der Waals surface area contributed by atoms with Gasteiger partial charge in [0, 0.05) is 19.3 Å². The van der Waals surface area contributed by atoms with Gasteiger partial charge >= 0.3 is 6.09 Å². The average Bonchev–Trinajstić information content (AvgIpc) is 2.25. The minimum atomic E-state index is -0.506. The third-order valence-corrected chi connectivity index (χ3v) is 2.89. The van der Waals surface area contributed by atoms with Crippen molar-refractivity contribution < 1.29 is 14.3 Å². The maximum atomic E-state index is 12.1. The van der Waals surface area contributed by atoms with Gasteiger partial charge < -0.3 is 9.47 Å². The van der Waals surface area contributed by atoms with Crippen LogP contribution in [-0.4, -0.2) is 47.5 Å². The fraction of sp³-hybridized carbons (Fsp3) is 0.643. The van der Waals surface area contributed by atoms with Gasteiger partial charge in [-0.3, -0.25) is 9.80 Å². The maximum Gasteiger partial charge on any atom is 0.416 e. The molecule has 2 rings (SSSR count). The summed E-state index contributed by atoms with van der Waals surface area (Å²) in [5.74, 6) is 0. The summed E-state index contributed by atoms with van der Waals surface area (Å²) in [5.41, 5.74) is -0.506. The highest BCUT2D eigenvalue weighted by molar-refractivity contribution is 5.70. The summed E-state index contributed by atoms with van der Waals surface area (Å²) < 4.78 is 11.1. The van der Waals surface area contributed by atoms with Crippen molar-refractivity contribution >= 4 is 6.09 Å². The normalized spacial score (nSPS) is 23.3. The zero-order valence-electron chi connectivity index (χ0n) is 11.8. The lowest BCUT2D eigenvalue weighted by molar-refractivity contribution is -0.0777. The highest BCUT2D eigenvalue weighted by Crippen LogP contribution is 2.17. The maximum absolute atomic E-state index is 12.1. The molecule has 1 saturated heterocycles. The largest absolute Gasteiger partial charge is 0.443 e. The number of allylic oxidation sites excluding steroid dienone is 2. The van der Waals surface area contributed by atoms with Crippen molar-refractivity contribution in [2.45, 2.75) is 39.0 Å². The monoisotopic (exact) mass is 266 g/mol. The lowest BCUT2D eigenvalue weighted by atomic mass is 10.2. The van der Waals surface area contributed by atoms with Crippen LogP contribution in [0.4, 0.5) is 4.79 Å². The van der Waals surface area contributed by atoms with Crippen molar-refractivity contribution in [3.63, 3.8) is 0 Å². The topological polar surface area (TPSA) is 42.0 Å². The Kier molecular flexibility index (Phi) is 4.27. The molecule has 1 amide bonds. The molecule has 1 fully saturated rings. The first-order chi connectivity index (χ1) is 8.96. The standard InChI is InChI=1S/C14H22N2O3/c1-14(2,3)19-13(17)16-10-5-4-7-12(16)18-11-15-8-6-9-15/h4-5,7,10,12H,6,8-9,11H2,1-3H3/t12-/m1/s1. The van der Waals surface area contributed by atoms with Gasteiger partial charge in [0.2, 0.25) is 0 Å². The lowest BCUT2D eigenvalue weighted by Gasteiger charge is -2.35. The molecular formula is C14H22N2O3. The zero-order valence-corrected chi connectivity index (χ0v) is 11.8. The molecule has 0 bridgehead atoms. The van der Waals surface area contributed by atoms with Crippen LogP contribution in [0.3, 0.4) is 0 Å². The van der Waals surface area contributed by atoms with E-state index in [4.69, 9.17) is 9.47 Å². The molecule has 2 heterocycles. The van der Waals surface area contributed by atoms with Crippen LogP contribution in [0.15, 0.2) is 24.4 Å². The highest BCUT2D eigenvalue weighted by atomic mass is 16.6. The Labute approximate surface area is 114 Å². The molecule has 2 aliphatic rings. The predicted molar refractivity (Wildman–Crippen MR) is 72.3 cm³/mol. The number of nitrogens with zero attached hydrogens (tertiary/aromatic N) is 2. The number of ether oxygens (including phenoxy) is 2. The molecule has 0 aromatic heterocycles. The molecule has 0 aromatic rings. The molecular weight excluding hydrogens is 244 g/mol. The Balaban J connectivity index is 1.90. The van der Waals surface area contributed by atoms with E-state index in [0.717, 1.165) is 13.1 Å². The number of carbonyl (C=O) groups excluding carboxylic acids is 1. The first-order valence-corrected chi connectivity index (χ1v) is 6.66. The van der Waals surface area contributed by atoms with Crippen molar-refractivity contribution in [1.82, 2.24) is 9.80 Å². The fourth-order valence-corrected chi connectivity index (χ4v) is 1.79. The summed E-state index contributed by atoms with van der Waals surface area (Å²) in [6, 6.07) is 0. The van der Waals surface area contributed by atoms with E-state index >= 15 is 0 Å². The summed E-state index contributed by atoms with van der Waals surface area (Å²) in [5, 5.41) is 0. The molecule has 0 N–H and O–H groups in total. The van der Waals surface area contributed by atoms with E-state index < -0.39 is 5.60 Å². The SMILES string of the molecule is CC(C)(C)OC(=O)N1C=CC=C[C@H]1OCN1CCC1. The van der Waals surface area contributed by atoms with Gasteiger partial charge in [-0.1, -0.05) is 6.08 Å². The Morgan fingerprint density at radius 1 is 1.32 bits per heavy atom. The number of hydrogen-bond acceptors (Lipinski definition) is 4. The number of amides is 1. The van der Waals surface area contributed by atoms with Crippen molar-refractivity contribution in [1.29, 1.82) is 0 Å². The van der Waals surface area contributed by atoms with Gasteiger partial charge in [-0.2, -0.15) is 0 Å². The predicted octanol–water partition coefficient (Wildman–Crippen LogP) is 2.31. The molecule has 106 valence electrons. The Morgan fingerprint density at radius 2 is 2.05 bits per heavy atom. The molecule has 0 aromatic carbocycles. The summed E-state index contributed by atoms with van der Waals surface area (Å²) >= 11 is 0. The number of carbonyl (C=O) groups is 1. The van der Waals surface area contributed by atoms with Gasteiger partial charge in [0.05, 0.1) is 0 Å². The van der Waals surface area contributed by atoms with Crippen LogP contribution in [0.1, 0.15) is 27.2 Å². The lowest BCUT2D eigenvalue weighted by Crippen LogP contribution is -2.45. The van der Waals surface area contributed by atoms with E-state index in [1.54, 1.807) is 12.3 Å². The molecule has 0 spiro atoms. The smallest absolute Gasteiger partial charge is 0.416 e. The van der Waals surface area contributed by atoms with Crippen molar-refractivity contribution in [3.05, 3.63) is 24.4 Å². The summed E-state index contributed by atoms with van der Waals surface area (Å²) in [7, 11) is 0. The second-order valence-electron chi connectivity index (χ2n) is 5.77. The van der Waals surface area contributed by atoms with E-state index in [9.17, 15) is 4.79 Å². The van der Waals surface area contributed by atoms with Gasteiger partial charge in [0.1, 0.15) is 12.3 Å². The molecule has 0 unspecified atom stereocenters. The zero-order chi connectivity index (χ0) is 13.9. The van der Waals surface area contributed by atoms with Gasteiger partial charge in [-0.05, 0) is 39.3 Å². The third kappa shape index (κ3) is 4.08. The minimum Gasteiger partial charge on any atom is -0.443 e. The number of hydrogen-bond donors (Lipinski definition) is 0. The third-order valence-electron chi connectivity index (χ3n) is 2.89. The van der Waals surface area contributed by atoms with Gasteiger partial charge in [-0.25, -0.2) is 4.79 Å². The van der Waals surface area contributed by atoms with E-state index in [0.29, 0.717) is 6.73 Å². The van der Waals surface area contributed by atoms with Crippen molar-refractivity contribution in [2.24, 2.45) is 0 Å². The Bertz CT molecular complexity index is 381. The molecule has 5 heteroatoms. The molecule has 19 heavy (non-hydrogen) atoms. The van der Waals surface area contributed by atoms with E-state index in [1.165, 1.54) is 11.3 Å². The Morgan fingerprint density at radius 3 is 2.63 bits per heavy atom. The quantitative estimate of drug-likeness (QED) is 0.786. The van der Waals surface area contributed by atoms with Crippen LogP contribution in [0.25, 0.3) is 0 Å². The second-order valence-corrected chi connectivity index (χ2v) is 5.77. The summed E-state index contributed by atoms with van der Waals surface area (Å²) in [4.78, 5) is 15.7.